The summed E-state index contributed by atoms with van der Waals surface area (Å²) in [5.74, 6) is 0.975. The first-order valence-electron chi connectivity index (χ1n) is 6.62. The van der Waals surface area contributed by atoms with Crippen molar-refractivity contribution in [1.29, 1.82) is 0 Å². The van der Waals surface area contributed by atoms with Crippen LogP contribution in [0, 0.1) is 5.92 Å². The molecule has 0 saturated carbocycles. The molecule has 0 radical (unpaired) electrons. The number of benzene rings is 1. The monoisotopic (exact) mass is 217 g/mol. The quantitative estimate of drug-likeness (QED) is 0.732. The van der Waals surface area contributed by atoms with Crippen LogP contribution in [0.25, 0.3) is 0 Å². The normalized spacial score (nSPS) is 17.4. The molecule has 0 amide bonds. The van der Waals surface area contributed by atoms with Gasteiger partial charge in [-0.3, -0.25) is 0 Å². The molecule has 0 bridgehead atoms. The van der Waals surface area contributed by atoms with Gasteiger partial charge in [-0.05, 0) is 29.9 Å². The smallest absolute Gasteiger partial charge is 0.00221 e. The lowest BCUT2D eigenvalue weighted by atomic mass is 9.96. The Morgan fingerprint density at radius 3 is 2.25 bits per heavy atom. The van der Waals surface area contributed by atoms with E-state index in [0.29, 0.717) is 0 Å². The molecule has 1 heterocycles. The van der Waals surface area contributed by atoms with Crippen LogP contribution in [0.4, 0.5) is 0 Å². The fraction of sp³-hybridized carbons (Fsp3) is 0.600. The molecule has 1 aliphatic rings. The first-order valence-corrected chi connectivity index (χ1v) is 6.62. The van der Waals surface area contributed by atoms with Crippen LogP contribution in [-0.4, -0.2) is 24.5 Å². The molecule has 1 heteroatoms. The van der Waals surface area contributed by atoms with Crippen LogP contribution in [0.1, 0.15) is 31.4 Å². The Morgan fingerprint density at radius 1 is 1.06 bits per heavy atom. The average Bonchev–Trinajstić information content (AvgIpc) is 2.28. The summed E-state index contributed by atoms with van der Waals surface area (Å²) in [6.07, 6.45) is 3.70. The molecule has 0 N–H and O–H groups in total. The summed E-state index contributed by atoms with van der Waals surface area (Å²) >= 11 is 0. The third-order valence-electron chi connectivity index (χ3n) is 3.76. The molecule has 16 heavy (non-hydrogen) atoms. The van der Waals surface area contributed by atoms with E-state index in [4.69, 9.17) is 0 Å². The molecular formula is C15H23N. The summed E-state index contributed by atoms with van der Waals surface area (Å²) in [4.78, 5) is 2.57. The lowest BCUT2D eigenvalue weighted by Gasteiger charge is -2.38. The van der Waals surface area contributed by atoms with Gasteiger partial charge in [-0.25, -0.2) is 0 Å². The van der Waals surface area contributed by atoms with Crippen molar-refractivity contribution in [3.8, 4) is 0 Å². The Hall–Kier alpha value is -0.820. The van der Waals surface area contributed by atoms with E-state index in [2.05, 4.69) is 43.0 Å². The molecule has 0 aromatic heterocycles. The molecule has 1 nitrogen and oxygen atoms in total. The number of nitrogens with zero attached hydrogens (tertiary/aromatic N) is 1. The van der Waals surface area contributed by atoms with Crippen molar-refractivity contribution >= 4 is 0 Å². The third kappa shape index (κ3) is 2.85. The maximum absolute atomic E-state index is 2.57. The molecule has 0 spiro atoms. The van der Waals surface area contributed by atoms with E-state index in [0.717, 1.165) is 12.3 Å². The highest BCUT2D eigenvalue weighted by atomic mass is 15.2. The van der Waals surface area contributed by atoms with Gasteiger partial charge in [0.1, 0.15) is 0 Å². The summed E-state index contributed by atoms with van der Waals surface area (Å²) < 4.78 is 0. The van der Waals surface area contributed by atoms with Crippen LogP contribution in [-0.2, 0) is 12.8 Å². The summed E-state index contributed by atoms with van der Waals surface area (Å²) in [6, 6.07) is 9.10. The summed E-state index contributed by atoms with van der Waals surface area (Å²) in [6.45, 7) is 8.39. The van der Waals surface area contributed by atoms with E-state index in [1.54, 1.807) is 0 Å². The van der Waals surface area contributed by atoms with Crippen LogP contribution in [0.3, 0.4) is 0 Å². The maximum Gasteiger partial charge on any atom is 0.00221 e. The highest BCUT2D eigenvalue weighted by molar-refractivity contribution is 5.22. The molecule has 0 aliphatic carbocycles. The number of rotatable bonds is 5. The van der Waals surface area contributed by atoms with Gasteiger partial charge in [0.05, 0.1) is 0 Å². The molecular weight excluding hydrogens is 194 g/mol. The second-order valence-electron chi connectivity index (χ2n) is 4.95. The van der Waals surface area contributed by atoms with Gasteiger partial charge in [0.25, 0.3) is 0 Å². The molecule has 1 aromatic carbocycles. The zero-order valence-corrected chi connectivity index (χ0v) is 10.6. The highest BCUT2D eigenvalue weighted by Gasteiger charge is 2.23. The Kier molecular flexibility index (Phi) is 4.00. The second kappa shape index (κ2) is 5.49. The maximum atomic E-state index is 2.57. The van der Waals surface area contributed by atoms with Crippen LogP contribution in [0.15, 0.2) is 24.3 Å². The predicted molar refractivity (Wildman–Crippen MR) is 69.7 cm³/mol. The van der Waals surface area contributed by atoms with Gasteiger partial charge in [0.15, 0.2) is 0 Å². The highest BCUT2D eigenvalue weighted by Crippen LogP contribution is 2.18. The minimum atomic E-state index is 0.975. The van der Waals surface area contributed by atoms with E-state index in [-0.39, 0.29) is 0 Å². The second-order valence-corrected chi connectivity index (χ2v) is 4.95. The summed E-state index contributed by atoms with van der Waals surface area (Å²) in [7, 11) is 0. The Morgan fingerprint density at radius 2 is 1.69 bits per heavy atom. The van der Waals surface area contributed by atoms with E-state index in [1.165, 1.54) is 43.6 Å². The van der Waals surface area contributed by atoms with E-state index in [1.807, 2.05) is 0 Å². The molecule has 0 unspecified atom stereocenters. The van der Waals surface area contributed by atoms with Crippen LogP contribution < -0.4 is 0 Å². The Bertz CT molecular complexity index is 309. The van der Waals surface area contributed by atoms with Crippen molar-refractivity contribution in [3.05, 3.63) is 35.4 Å². The van der Waals surface area contributed by atoms with Crippen LogP contribution in [0.5, 0.6) is 0 Å². The average molecular weight is 217 g/mol. The van der Waals surface area contributed by atoms with Crippen LogP contribution >= 0.6 is 0 Å². The fourth-order valence-electron chi connectivity index (χ4n) is 2.35. The fourth-order valence-corrected chi connectivity index (χ4v) is 2.35. The number of aryl methyl sites for hydroxylation is 1. The van der Waals surface area contributed by atoms with Gasteiger partial charge in [0.2, 0.25) is 0 Å². The van der Waals surface area contributed by atoms with Crippen molar-refractivity contribution in [1.82, 2.24) is 4.90 Å². The van der Waals surface area contributed by atoms with Gasteiger partial charge in [0, 0.05) is 19.6 Å². The van der Waals surface area contributed by atoms with Gasteiger partial charge < -0.3 is 4.90 Å². The van der Waals surface area contributed by atoms with Crippen LogP contribution in [0.2, 0.25) is 0 Å². The SMILES string of the molecule is CCc1ccc(CCN2CC(CC)C2)cc1. The lowest BCUT2D eigenvalue weighted by molar-refractivity contribution is 0.0994. The minimum absolute atomic E-state index is 0.975. The molecule has 2 rings (SSSR count). The van der Waals surface area contributed by atoms with Gasteiger partial charge in [-0.1, -0.05) is 44.5 Å². The predicted octanol–water partition coefficient (Wildman–Crippen LogP) is 3.13. The molecule has 0 atom stereocenters. The Balaban J connectivity index is 1.73. The largest absolute Gasteiger partial charge is 0.302 e. The first-order chi connectivity index (χ1) is 7.81. The van der Waals surface area contributed by atoms with Gasteiger partial charge >= 0.3 is 0 Å². The molecule has 1 aromatic rings. The molecule has 88 valence electrons. The van der Waals surface area contributed by atoms with Crippen molar-refractivity contribution in [2.75, 3.05) is 19.6 Å². The minimum Gasteiger partial charge on any atom is -0.302 e. The molecule has 1 aliphatic heterocycles. The third-order valence-corrected chi connectivity index (χ3v) is 3.76. The van der Waals surface area contributed by atoms with Crippen molar-refractivity contribution in [2.45, 2.75) is 33.1 Å². The topological polar surface area (TPSA) is 3.24 Å². The number of likely N-dealkylation sites (tertiary alicyclic amines) is 1. The van der Waals surface area contributed by atoms with E-state index < -0.39 is 0 Å². The number of hydrogen-bond acceptors (Lipinski definition) is 1. The lowest BCUT2D eigenvalue weighted by Crippen LogP contribution is -2.46. The Labute approximate surface area is 99.5 Å². The molecule has 1 fully saturated rings. The van der Waals surface area contributed by atoms with Crippen molar-refractivity contribution in [2.24, 2.45) is 5.92 Å². The number of hydrogen-bond donors (Lipinski definition) is 0. The standard InChI is InChI=1S/C15H23N/c1-3-13-5-7-15(8-6-13)9-10-16-11-14(4-2)12-16/h5-8,14H,3-4,9-12H2,1-2H3. The van der Waals surface area contributed by atoms with E-state index >= 15 is 0 Å². The van der Waals surface area contributed by atoms with Crippen molar-refractivity contribution < 1.29 is 0 Å². The van der Waals surface area contributed by atoms with Crippen molar-refractivity contribution in [3.63, 3.8) is 0 Å². The van der Waals surface area contributed by atoms with Gasteiger partial charge in [-0.2, -0.15) is 0 Å². The molecule has 1 saturated heterocycles. The summed E-state index contributed by atoms with van der Waals surface area (Å²) in [5, 5.41) is 0. The van der Waals surface area contributed by atoms with Gasteiger partial charge in [-0.15, -0.1) is 0 Å². The van der Waals surface area contributed by atoms with E-state index in [9.17, 15) is 0 Å². The zero-order chi connectivity index (χ0) is 11.4. The zero-order valence-electron chi connectivity index (χ0n) is 10.6. The first kappa shape index (κ1) is 11.7. The summed E-state index contributed by atoms with van der Waals surface area (Å²) in [5.41, 5.74) is 2.93.